The molecule has 2 unspecified atom stereocenters. The summed E-state index contributed by atoms with van der Waals surface area (Å²) in [6.45, 7) is 2.02. The minimum Gasteiger partial charge on any atom is -0.349 e. The number of benzene rings is 1. The molecule has 2 saturated heterocycles. The fourth-order valence-electron chi connectivity index (χ4n) is 3.79. The topological polar surface area (TPSA) is 32.3 Å². The number of aryl methyl sites for hydroxylation is 1. The summed E-state index contributed by atoms with van der Waals surface area (Å²) in [6.07, 6.45) is 6.11. The highest BCUT2D eigenvalue weighted by Gasteiger charge is 2.36. The average molecular weight is 272 g/mol. The van der Waals surface area contributed by atoms with Gasteiger partial charge >= 0.3 is 0 Å². The van der Waals surface area contributed by atoms with Crippen LogP contribution in [0.2, 0.25) is 0 Å². The third kappa shape index (κ3) is 2.73. The van der Waals surface area contributed by atoms with E-state index < -0.39 is 0 Å². The van der Waals surface area contributed by atoms with Gasteiger partial charge in [-0.05, 0) is 51.8 Å². The van der Waals surface area contributed by atoms with Crippen LogP contribution >= 0.6 is 0 Å². The van der Waals surface area contributed by atoms with Crippen LogP contribution in [0, 0.1) is 6.92 Å². The first-order chi connectivity index (χ1) is 9.63. The molecule has 1 amide bonds. The second kappa shape index (κ2) is 5.57. The second-order valence-corrected chi connectivity index (χ2v) is 6.42. The van der Waals surface area contributed by atoms with E-state index >= 15 is 0 Å². The van der Waals surface area contributed by atoms with Crippen LogP contribution in [-0.2, 0) is 0 Å². The van der Waals surface area contributed by atoms with Gasteiger partial charge in [-0.25, -0.2) is 0 Å². The van der Waals surface area contributed by atoms with Gasteiger partial charge in [-0.2, -0.15) is 0 Å². The summed E-state index contributed by atoms with van der Waals surface area (Å²) < 4.78 is 0. The molecule has 0 aromatic heterocycles. The van der Waals surface area contributed by atoms with Crippen LogP contribution in [-0.4, -0.2) is 36.0 Å². The largest absolute Gasteiger partial charge is 0.349 e. The highest BCUT2D eigenvalue weighted by atomic mass is 16.1. The predicted octanol–water partition coefficient (Wildman–Crippen LogP) is 2.74. The molecule has 0 aliphatic carbocycles. The molecule has 2 aliphatic rings. The van der Waals surface area contributed by atoms with Crippen LogP contribution in [0.15, 0.2) is 24.3 Å². The summed E-state index contributed by atoms with van der Waals surface area (Å²) in [5.74, 6) is 0.0846. The molecule has 20 heavy (non-hydrogen) atoms. The molecule has 2 bridgehead atoms. The van der Waals surface area contributed by atoms with E-state index in [4.69, 9.17) is 0 Å². The Morgan fingerprint density at radius 2 is 1.95 bits per heavy atom. The van der Waals surface area contributed by atoms with Crippen molar-refractivity contribution in [3.05, 3.63) is 35.4 Å². The quantitative estimate of drug-likeness (QED) is 0.898. The van der Waals surface area contributed by atoms with Crippen LogP contribution in [0.1, 0.15) is 48.0 Å². The van der Waals surface area contributed by atoms with Gasteiger partial charge in [0, 0.05) is 23.7 Å². The molecule has 2 fully saturated rings. The van der Waals surface area contributed by atoms with Crippen molar-refractivity contribution in [2.75, 3.05) is 7.05 Å². The number of carbonyl (C=O) groups is 1. The molecule has 2 heterocycles. The zero-order valence-electron chi connectivity index (χ0n) is 12.4. The fraction of sp³-hybridized carbons (Fsp3) is 0.588. The standard InChI is InChI=1S/C17H24N2O/c1-12-5-3-6-13(9-12)17(20)18-14-10-15-7-4-8-16(11-14)19(15)2/h3,5-6,9,14-16H,4,7-8,10-11H2,1-2H3,(H,18,20). The first kappa shape index (κ1) is 13.6. The molecule has 3 rings (SSSR count). The van der Waals surface area contributed by atoms with Crippen LogP contribution in [0.4, 0.5) is 0 Å². The lowest BCUT2D eigenvalue weighted by Crippen LogP contribution is -2.55. The van der Waals surface area contributed by atoms with E-state index in [1.54, 1.807) is 0 Å². The second-order valence-electron chi connectivity index (χ2n) is 6.42. The number of amides is 1. The number of rotatable bonds is 2. The highest BCUT2D eigenvalue weighted by molar-refractivity contribution is 5.94. The smallest absolute Gasteiger partial charge is 0.251 e. The van der Waals surface area contributed by atoms with Crippen LogP contribution in [0.5, 0.6) is 0 Å². The Bertz CT molecular complexity index is 486. The van der Waals surface area contributed by atoms with Crippen LogP contribution < -0.4 is 5.32 Å². The summed E-state index contributed by atoms with van der Waals surface area (Å²) >= 11 is 0. The van der Waals surface area contributed by atoms with Crippen molar-refractivity contribution in [1.82, 2.24) is 10.2 Å². The molecule has 0 radical (unpaired) electrons. The van der Waals surface area contributed by atoms with Crippen molar-refractivity contribution in [1.29, 1.82) is 0 Å². The summed E-state index contributed by atoms with van der Waals surface area (Å²) in [5, 5.41) is 3.25. The molecule has 3 heteroatoms. The number of hydrogen-bond acceptors (Lipinski definition) is 2. The monoisotopic (exact) mass is 272 g/mol. The minimum atomic E-state index is 0.0846. The molecular formula is C17H24N2O. The SMILES string of the molecule is Cc1cccc(C(=O)NC2CC3CCCC(C2)N3C)c1. The third-order valence-corrected chi connectivity index (χ3v) is 4.96. The van der Waals surface area contributed by atoms with Gasteiger partial charge in [0.2, 0.25) is 0 Å². The maximum Gasteiger partial charge on any atom is 0.251 e. The molecule has 2 atom stereocenters. The molecule has 1 aromatic rings. The van der Waals surface area contributed by atoms with Crippen molar-refractivity contribution in [3.63, 3.8) is 0 Å². The van der Waals surface area contributed by atoms with E-state index in [0.717, 1.165) is 24.0 Å². The van der Waals surface area contributed by atoms with Gasteiger partial charge in [0.25, 0.3) is 5.91 Å². The Labute approximate surface area is 121 Å². The number of carbonyl (C=O) groups excluding carboxylic acids is 1. The lowest BCUT2D eigenvalue weighted by atomic mass is 9.82. The Kier molecular flexibility index (Phi) is 3.79. The predicted molar refractivity (Wildman–Crippen MR) is 80.9 cm³/mol. The Hall–Kier alpha value is -1.35. The van der Waals surface area contributed by atoms with Crippen molar-refractivity contribution in [2.24, 2.45) is 0 Å². The summed E-state index contributed by atoms with van der Waals surface area (Å²) in [6, 6.07) is 9.50. The molecule has 108 valence electrons. The first-order valence-electron chi connectivity index (χ1n) is 7.73. The molecule has 1 N–H and O–H groups in total. The molecule has 1 aromatic carbocycles. The molecular weight excluding hydrogens is 248 g/mol. The summed E-state index contributed by atoms with van der Waals surface area (Å²) in [4.78, 5) is 14.9. The van der Waals surface area contributed by atoms with Gasteiger partial charge in [-0.3, -0.25) is 4.79 Å². The van der Waals surface area contributed by atoms with E-state index in [0.29, 0.717) is 18.1 Å². The van der Waals surface area contributed by atoms with E-state index in [1.165, 1.54) is 19.3 Å². The van der Waals surface area contributed by atoms with Crippen LogP contribution in [0.3, 0.4) is 0 Å². The zero-order chi connectivity index (χ0) is 14.1. The van der Waals surface area contributed by atoms with Gasteiger partial charge in [0.15, 0.2) is 0 Å². The van der Waals surface area contributed by atoms with Crippen molar-refractivity contribution in [2.45, 2.75) is 57.2 Å². The Balaban J connectivity index is 1.65. The summed E-state index contributed by atoms with van der Waals surface area (Å²) in [5.41, 5.74) is 1.92. The number of hydrogen-bond donors (Lipinski definition) is 1. The van der Waals surface area contributed by atoms with Crippen molar-refractivity contribution < 1.29 is 4.79 Å². The molecule has 3 nitrogen and oxygen atoms in total. The number of nitrogens with one attached hydrogen (secondary N) is 1. The lowest BCUT2D eigenvalue weighted by Gasteiger charge is -2.47. The van der Waals surface area contributed by atoms with Gasteiger partial charge in [-0.1, -0.05) is 24.1 Å². The van der Waals surface area contributed by atoms with E-state index in [2.05, 4.69) is 17.3 Å². The van der Waals surface area contributed by atoms with Gasteiger partial charge in [0.05, 0.1) is 0 Å². The van der Waals surface area contributed by atoms with E-state index in [-0.39, 0.29) is 5.91 Å². The van der Waals surface area contributed by atoms with E-state index in [9.17, 15) is 4.79 Å². The Morgan fingerprint density at radius 3 is 2.60 bits per heavy atom. The maximum absolute atomic E-state index is 12.3. The first-order valence-corrected chi connectivity index (χ1v) is 7.73. The maximum atomic E-state index is 12.3. The summed E-state index contributed by atoms with van der Waals surface area (Å²) in [7, 11) is 2.24. The normalized spacial score (nSPS) is 30.0. The van der Waals surface area contributed by atoms with Gasteiger partial charge in [-0.15, -0.1) is 0 Å². The fourth-order valence-corrected chi connectivity index (χ4v) is 3.79. The van der Waals surface area contributed by atoms with E-state index in [1.807, 2.05) is 31.2 Å². The highest BCUT2D eigenvalue weighted by Crippen LogP contribution is 2.32. The Morgan fingerprint density at radius 1 is 1.25 bits per heavy atom. The van der Waals surface area contributed by atoms with Crippen LogP contribution in [0.25, 0.3) is 0 Å². The van der Waals surface area contributed by atoms with Crippen molar-refractivity contribution in [3.8, 4) is 0 Å². The molecule has 2 aliphatic heterocycles. The number of nitrogens with zero attached hydrogens (tertiary/aromatic N) is 1. The van der Waals surface area contributed by atoms with Gasteiger partial charge in [0.1, 0.15) is 0 Å². The number of piperidine rings is 2. The number of fused-ring (bicyclic) bond motifs is 2. The lowest BCUT2D eigenvalue weighted by molar-refractivity contribution is 0.0463. The van der Waals surface area contributed by atoms with Crippen molar-refractivity contribution >= 4 is 5.91 Å². The molecule has 0 spiro atoms. The third-order valence-electron chi connectivity index (χ3n) is 4.96. The zero-order valence-corrected chi connectivity index (χ0v) is 12.4. The minimum absolute atomic E-state index is 0.0846. The average Bonchev–Trinajstić information content (AvgIpc) is 2.40. The molecule has 0 saturated carbocycles. The van der Waals surface area contributed by atoms with Gasteiger partial charge < -0.3 is 10.2 Å².